The van der Waals surface area contributed by atoms with E-state index in [0.717, 1.165) is 0 Å². The van der Waals surface area contributed by atoms with Gasteiger partial charge in [-0.05, 0) is 24.3 Å². The lowest BCUT2D eigenvalue weighted by atomic mass is 10.3. The molecule has 16 heavy (non-hydrogen) atoms. The van der Waals surface area contributed by atoms with Crippen LogP contribution in [0.4, 0.5) is 0 Å². The summed E-state index contributed by atoms with van der Waals surface area (Å²) in [5, 5.41) is 9.20. The molecule has 0 saturated carbocycles. The number of nitriles is 1. The Kier molecular flexibility index (Phi) is 2.99. The largest absolute Gasteiger partial charge is 0.424 e. The van der Waals surface area contributed by atoms with Gasteiger partial charge in [0.25, 0.3) is 0 Å². The van der Waals surface area contributed by atoms with Gasteiger partial charge in [0.2, 0.25) is 0 Å². The van der Waals surface area contributed by atoms with Gasteiger partial charge in [-0.25, -0.2) is 9.97 Å². The van der Waals surface area contributed by atoms with Crippen molar-refractivity contribution in [2.24, 2.45) is 0 Å². The van der Waals surface area contributed by atoms with Crippen LogP contribution in [0.3, 0.4) is 0 Å². The van der Waals surface area contributed by atoms with Gasteiger partial charge in [-0.3, -0.25) is 0 Å². The molecule has 5 heteroatoms. The van der Waals surface area contributed by atoms with E-state index in [2.05, 4.69) is 9.97 Å². The van der Waals surface area contributed by atoms with Crippen LogP contribution in [-0.4, -0.2) is 9.97 Å². The molecule has 2 aromatic rings. The molecule has 4 nitrogen and oxygen atoms in total. The van der Waals surface area contributed by atoms with Gasteiger partial charge in [0.15, 0.2) is 0 Å². The topological polar surface area (TPSA) is 58.8 Å². The van der Waals surface area contributed by atoms with Crippen LogP contribution >= 0.6 is 11.6 Å². The second kappa shape index (κ2) is 4.60. The maximum Gasteiger partial charge on any atom is 0.321 e. The van der Waals surface area contributed by atoms with Crippen LogP contribution < -0.4 is 4.74 Å². The van der Waals surface area contributed by atoms with Crippen LogP contribution in [0.25, 0.3) is 0 Å². The Bertz CT molecular complexity index is 516. The molecule has 0 spiro atoms. The molecule has 0 fully saturated rings. The minimum absolute atomic E-state index is 0.196. The highest BCUT2D eigenvalue weighted by molar-refractivity contribution is 6.30. The zero-order valence-corrected chi connectivity index (χ0v) is 8.85. The Hall–Kier alpha value is -2.12. The van der Waals surface area contributed by atoms with Gasteiger partial charge in [0, 0.05) is 5.02 Å². The maximum atomic E-state index is 8.56. The van der Waals surface area contributed by atoms with Crippen molar-refractivity contribution in [1.82, 2.24) is 9.97 Å². The Morgan fingerprint density at radius 2 is 1.75 bits per heavy atom. The highest BCUT2D eigenvalue weighted by atomic mass is 35.5. The lowest BCUT2D eigenvalue weighted by molar-refractivity contribution is 0.441. The van der Waals surface area contributed by atoms with Gasteiger partial charge in [-0.2, -0.15) is 5.26 Å². The van der Waals surface area contributed by atoms with Crippen molar-refractivity contribution in [2.45, 2.75) is 0 Å². The molecule has 0 amide bonds. The molecule has 78 valence electrons. The summed E-state index contributed by atoms with van der Waals surface area (Å²) in [6, 6.07) is 8.97. The Labute approximate surface area is 97.1 Å². The number of halogens is 1. The number of benzene rings is 1. The molecule has 0 aliphatic heterocycles. The predicted octanol–water partition coefficient (Wildman–Crippen LogP) is 2.79. The van der Waals surface area contributed by atoms with Gasteiger partial charge in [0.05, 0.1) is 18.0 Å². The summed E-state index contributed by atoms with van der Waals surface area (Å²) in [4.78, 5) is 7.76. The quantitative estimate of drug-likeness (QED) is 0.797. The minimum atomic E-state index is 0.196. The smallest absolute Gasteiger partial charge is 0.321 e. The zero-order valence-electron chi connectivity index (χ0n) is 8.09. The molecule has 0 aliphatic rings. The first-order valence-electron chi connectivity index (χ1n) is 4.43. The van der Waals surface area contributed by atoms with Gasteiger partial charge in [-0.15, -0.1) is 0 Å². The first kappa shape index (κ1) is 10.4. The van der Waals surface area contributed by atoms with Crippen LogP contribution in [-0.2, 0) is 0 Å². The first-order valence-corrected chi connectivity index (χ1v) is 4.81. The van der Waals surface area contributed by atoms with E-state index in [1.54, 1.807) is 24.3 Å². The third kappa shape index (κ3) is 2.47. The number of rotatable bonds is 2. The van der Waals surface area contributed by atoms with Crippen LogP contribution in [0, 0.1) is 11.3 Å². The molecule has 2 rings (SSSR count). The van der Waals surface area contributed by atoms with Crippen LogP contribution in [0.2, 0.25) is 5.02 Å². The lowest BCUT2D eigenvalue weighted by Crippen LogP contribution is -1.91. The molecule has 0 unspecified atom stereocenters. The number of hydrogen-bond acceptors (Lipinski definition) is 4. The molecule has 1 aromatic carbocycles. The van der Waals surface area contributed by atoms with Crippen LogP contribution in [0.5, 0.6) is 11.8 Å². The van der Waals surface area contributed by atoms with E-state index in [0.29, 0.717) is 16.3 Å². The van der Waals surface area contributed by atoms with Gasteiger partial charge < -0.3 is 4.74 Å². The van der Waals surface area contributed by atoms with Crippen molar-refractivity contribution in [1.29, 1.82) is 5.26 Å². The minimum Gasteiger partial charge on any atom is -0.424 e. The molecule has 0 N–H and O–H groups in total. The maximum absolute atomic E-state index is 8.56. The van der Waals surface area contributed by atoms with E-state index < -0.39 is 0 Å². The van der Waals surface area contributed by atoms with Crippen molar-refractivity contribution >= 4 is 11.6 Å². The third-order valence-corrected chi connectivity index (χ3v) is 2.03. The van der Waals surface area contributed by atoms with Crippen LogP contribution in [0.15, 0.2) is 36.7 Å². The molecule has 0 saturated heterocycles. The van der Waals surface area contributed by atoms with E-state index in [1.165, 1.54) is 12.4 Å². The fourth-order valence-corrected chi connectivity index (χ4v) is 1.16. The van der Waals surface area contributed by atoms with E-state index in [1.807, 2.05) is 6.07 Å². The monoisotopic (exact) mass is 231 g/mol. The molecule has 0 radical (unpaired) electrons. The second-order valence-corrected chi connectivity index (χ2v) is 3.36. The van der Waals surface area contributed by atoms with E-state index in [9.17, 15) is 0 Å². The fourth-order valence-electron chi connectivity index (χ4n) is 1.03. The molecule has 0 bridgehead atoms. The molecule has 1 aromatic heterocycles. The summed E-state index contributed by atoms with van der Waals surface area (Å²) < 4.78 is 5.34. The van der Waals surface area contributed by atoms with Gasteiger partial charge >= 0.3 is 6.01 Å². The van der Waals surface area contributed by atoms with Crippen molar-refractivity contribution in [3.8, 4) is 17.8 Å². The highest BCUT2D eigenvalue weighted by Crippen LogP contribution is 2.19. The summed E-state index contributed by atoms with van der Waals surface area (Å²) in [5.74, 6) is 0.592. The molecule has 0 aliphatic carbocycles. The summed E-state index contributed by atoms with van der Waals surface area (Å²) in [5.41, 5.74) is 0.392. The number of ether oxygens (including phenoxy) is 1. The Balaban J connectivity index is 2.15. The molecular formula is C11H6ClN3O. The second-order valence-electron chi connectivity index (χ2n) is 2.92. The lowest BCUT2D eigenvalue weighted by Gasteiger charge is -2.02. The SMILES string of the molecule is N#Cc1cnc(Oc2ccc(Cl)cc2)nc1. The average molecular weight is 232 g/mol. The zero-order chi connectivity index (χ0) is 11.4. The van der Waals surface area contributed by atoms with Crippen molar-refractivity contribution in [2.75, 3.05) is 0 Å². The van der Waals surface area contributed by atoms with Crippen molar-refractivity contribution < 1.29 is 4.74 Å². The summed E-state index contributed by atoms with van der Waals surface area (Å²) in [6.07, 6.45) is 2.80. The van der Waals surface area contributed by atoms with E-state index in [4.69, 9.17) is 21.6 Å². The van der Waals surface area contributed by atoms with E-state index in [-0.39, 0.29) is 6.01 Å². The molecule has 0 atom stereocenters. The molecule has 1 heterocycles. The first-order chi connectivity index (χ1) is 7.78. The number of hydrogen-bond donors (Lipinski definition) is 0. The molecular weight excluding hydrogens is 226 g/mol. The summed E-state index contributed by atoms with van der Waals surface area (Å²) >= 11 is 5.73. The summed E-state index contributed by atoms with van der Waals surface area (Å²) in [6.45, 7) is 0. The van der Waals surface area contributed by atoms with Crippen molar-refractivity contribution in [3.05, 3.63) is 47.2 Å². The Morgan fingerprint density at radius 1 is 1.12 bits per heavy atom. The van der Waals surface area contributed by atoms with Gasteiger partial charge in [-0.1, -0.05) is 11.6 Å². The highest BCUT2D eigenvalue weighted by Gasteiger charge is 2.00. The number of nitrogens with zero attached hydrogens (tertiary/aromatic N) is 3. The van der Waals surface area contributed by atoms with Crippen molar-refractivity contribution in [3.63, 3.8) is 0 Å². The number of aromatic nitrogens is 2. The predicted molar refractivity (Wildman–Crippen MR) is 58.3 cm³/mol. The van der Waals surface area contributed by atoms with Crippen LogP contribution in [0.1, 0.15) is 5.56 Å². The third-order valence-electron chi connectivity index (χ3n) is 1.78. The Morgan fingerprint density at radius 3 is 2.31 bits per heavy atom. The fraction of sp³-hybridized carbons (Fsp3) is 0. The average Bonchev–Trinajstić information content (AvgIpc) is 2.33. The van der Waals surface area contributed by atoms with E-state index >= 15 is 0 Å². The van der Waals surface area contributed by atoms with Gasteiger partial charge in [0.1, 0.15) is 11.8 Å². The normalized spacial score (nSPS) is 9.50. The summed E-state index contributed by atoms with van der Waals surface area (Å²) in [7, 11) is 0. The standard InChI is InChI=1S/C11H6ClN3O/c12-9-1-3-10(4-2-9)16-11-14-6-8(5-13)7-15-11/h1-4,6-7H.